The van der Waals surface area contributed by atoms with Gasteiger partial charge in [-0.3, -0.25) is 0 Å². The van der Waals surface area contributed by atoms with Gasteiger partial charge in [-0.2, -0.15) is 0 Å². The van der Waals surface area contributed by atoms with Crippen LogP contribution in [-0.4, -0.2) is 59.6 Å². The first-order valence-electron chi connectivity index (χ1n) is 9.44. The SMILES string of the molecule is CNC(C)(C)CCOC(C)(C)CN(C(=O)OC(C)(C)C)C(=O)OC(C)(C)C. The van der Waals surface area contributed by atoms with Gasteiger partial charge in [0.2, 0.25) is 0 Å². The summed E-state index contributed by atoms with van der Waals surface area (Å²) in [5, 5.41) is 3.22. The largest absolute Gasteiger partial charge is 0.443 e. The molecule has 7 heteroatoms. The van der Waals surface area contributed by atoms with Crippen LogP contribution in [0.1, 0.15) is 75.7 Å². The van der Waals surface area contributed by atoms with Crippen molar-refractivity contribution in [2.24, 2.45) is 0 Å². The number of rotatable bonds is 7. The number of carbonyl (C=O) groups is 2. The predicted molar refractivity (Wildman–Crippen MR) is 107 cm³/mol. The molecule has 27 heavy (non-hydrogen) atoms. The number of carbonyl (C=O) groups excluding carboxylic acids is 2. The maximum atomic E-state index is 12.6. The Kier molecular flexibility index (Phi) is 8.78. The van der Waals surface area contributed by atoms with E-state index in [9.17, 15) is 9.59 Å². The summed E-state index contributed by atoms with van der Waals surface area (Å²) in [6, 6.07) is 0. The number of ether oxygens (including phenoxy) is 3. The lowest BCUT2D eigenvalue weighted by atomic mass is 10.0. The normalized spacial score (nSPS) is 13.3. The van der Waals surface area contributed by atoms with Crippen molar-refractivity contribution < 1.29 is 23.8 Å². The maximum Gasteiger partial charge on any atom is 0.419 e. The molecule has 0 aliphatic heterocycles. The molecule has 0 bridgehead atoms. The third kappa shape index (κ3) is 11.9. The molecular weight excluding hydrogens is 348 g/mol. The third-order valence-electron chi connectivity index (χ3n) is 3.66. The molecule has 0 aromatic carbocycles. The topological polar surface area (TPSA) is 77.1 Å². The second kappa shape index (κ2) is 9.24. The van der Waals surface area contributed by atoms with Gasteiger partial charge < -0.3 is 19.5 Å². The van der Waals surface area contributed by atoms with E-state index in [0.29, 0.717) is 6.61 Å². The number of nitrogens with one attached hydrogen (secondary N) is 1. The Balaban J connectivity index is 5.20. The molecule has 0 aromatic rings. The van der Waals surface area contributed by atoms with Crippen molar-refractivity contribution in [1.82, 2.24) is 10.2 Å². The van der Waals surface area contributed by atoms with Crippen LogP contribution in [0.3, 0.4) is 0 Å². The van der Waals surface area contributed by atoms with E-state index in [4.69, 9.17) is 14.2 Å². The Bertz CT molecular complexity index is 473. The van der Waals surface area contributed by atoms with Gasteiger partial charge in [-0.1, -0.05) is 0 Å². The molecular formula is C20H40N2O5. The maximum absolute atomic E-state index is 12.6. The summed E-state index contributed by atoms with van der Waals surface area (Å²) in [6.07, 6.45) is -0.709. The first-order chi connectivity index (χ1) is 11.9. The van der Waals surface area contributed by atoms with Gasteiger partial charge in [-0.05, 0) is 82.7 Å². The summed E-state index contributed by atoms with van der Waals surface area (Å²) < 4.78 is 16.7. The van der Waals surface area contributed by atoms with Crippen LogP contribution in [0.5, 0.6) is 0 Å². The summed E-state index contributed by atoms with van der Waals surface area (Å²) >= 11 is 0. The summed E-state index contributed by atoms with van der Waals surface area (Å²) in [5.41, 5.74) is -2.26. The van der Waals surface area contributed by atoms with Crippen LogP contribution in [0.25, 0.3) is 0 Å². The molecule has 0 heterocycles. The molecule has 0 radical (unpaired) electrons. The van der Waals surface area contributed by atoms with Crippen LogP contribution in [0.4, 0.5) is 9.59 Å². The van der Waals surface area contributed by atoms with Gasteiger partial charge in [0.05, 0.1) is 12.1 Å². The zero-order valence-electron chi connectivity index (χ0n) is 19.1. The van der Waals surface area contributed by atoms with Crippen molar-refractivity contribution >= 4 is 12.2 Å². The summed E-state index contributed by atoms with van der Waals surface area (Å²) in [7, 11) is 1.90. The molecule has 0 rings (SSSR count). The van der Waals surface area contributed by atoms with Crippen molar-refractivity contribution in [3.63, 3.8) is 0 Å². The van der Waals surface area contributed by atoms with E-state index in [1.165, 1.54) is 0 Å². The lowest BCUT2D eigenvalue weighted by Crippen LogP contribution is -2.50. The molecule has 0 unspecified atom stereocenters. The van der Waals surface area contributed by atoms with E-state index >= 15 is 0 Å². The second-order valence-electron chi connectivity index (χ2n) is 10.0. The molecule has 0 fully saturated rings. The first-order valence-corrected chi connectivity index (χ1v) is 9.44. The first kappa shape index (κ1) is 25.7. The average molecular weight is 389 g/mol. The number of hydrogen-bond acceptors (Lipinski definition) is 6. The van der Waals surface area contributed by atoms with Gasteiger partial charge in [0.1, 0.15) is 11.2 Å². The molecule has 0 aliphatic carbocycles. The van der Waals surface area contributed by atoms with E-state index < -0.39 is 29.0 Å². The molecule has 1 N–H and O–H groups in total. The van der Waals surface area contributed by atoms with Gasteiger partial charge >= 0.3 is 12.2 Å². The highest BCUT2D eigenvalue weighted by molar-refractivity contribution is 5.88. The van der Waals surface area contributed by atoms with Gasteiger partial charge in [0.15, 0.2) is 0 Å². The standard InChI is InChI=1S/C20H40N2O5/c1-17(2,3)26-15(23)22(16(24)27-18(4,5)6)14-20(9,10)25-13-12-19(7,8)21-11/h21H,12-14H2,1-11H3. The summed E-state index contributed by atoms with van der Waals surface area (Å²) in [5.74, 6) is 0. The highest BCUT2D eigenvalue weighted by Gasteiger charge is 2.36. The van der Waals surface area contributed by atoms with Gasteiger partial charge in [-0.15, -0.1) is 0 Å². The van der Waals surface area contributed by atoms with Crippen molar-refractivity contribution in [2.75, 3.05) is 20.2 Å². The lowest BCUT2D eigenvalue weighted by molar-refractivity contribution is -0.0559. The smallest absolute Gasteiger partial charge is 0.419 e. The van der Waals surface area contributed by atoms with Crippen LogP contribution in [0.15, 0.2) is 0 Å². The zero-order valence-corrected chi connectivity index (χ0v) is 19.1. The van der Waals surface area contributed by atoms with Crippen LogP contribution in [0, 0.1) is 0 Å². The van der Waals surface area contributed by atoms with Crippen molar-refractivity contribution in [1.29, 1.82) is 0 Å². The van der Waals surface area contributed by atoms with Crippen LogP contribution in [0.2, 0.25) is 0 Å². The molecule has 2 amide bonds. The van der Waals surface area contributed by atoms with Crippen molar-refractivity contribution in [3.05, 3.63) is 0 Å². The Labute approximate surface area is 165 Å². The molecule has 0 atom stereocenters. The minimum absolute atomic E-state index is 0.0246. The van der Waals surface area contributed by atoms with E-state index in [0.717, 1.165) is 11.3 Å². The Morgan fingerprint density at radius 2 is 1.22 bits per heavy atom. The van der Waals surface area contributed by atoms with Crippen molar-refractivity contribution in [3.8, 4) is 0 Å². The average Bonchev–Trinajstić information content (AvgIpc) is 2.40. The van der Waals surface area contributed by atoms with Crippen LogP contribution >= 0.6 is 0 Å². The number of hydrogen-bond donors (Lipinski definition) is 1. The fraction of sp³-hybridized carbons (Fsp3) is 0.900. The van der Waals surface area contributed by atoms with E-state index in [1.807, 2.05) is 20.9 Å². The number of nitrogens with zero attached hydrogens (tertiary/aromatic N) is 1. The third-order valence-corrected chi connectivity index (χ3v) is 3.66. The van der Waals surface area contributed by atoms with Crippen LogP contribution in [-0.2, 0) is 14.2 Å². The van der Waals surface area contributed by atoms with E-state index in [-0.39, 0.29) is 12.1 Å². The Morgan fingerprint density at radius 1 is 0.815 bits per heavy atom. The highest BCUT2D eigenvalue weighted by atomic mass is 16.6. The monoisotopic (exact) mass is 388 g/mol. The number of amides is 2. The Morgan fingerprint density at radius 3 is 1.56 bits per heavy atom. The quantitative estimate of drug-likeness (QED) is 0.699. The fourth-order valence-corrected chi connectivity index (χ4v) is 1.97. The zero-order chi connectivity index (χ0) is 21.7. The van der Waals surface area contributed by atoms with Crippen LogP contribution < -0.4 is 5.32 Å². The Hall–Kier alpha value is -1.34. The molecule has 0 saturated carbocycles. The predicted octanol–water partition coefficient (Wildman–Crippen LogP) is 4.34. The second-order valence-corrected chi connectivity index (χ2v) is 10.0. The van der Waals surface area contributed by atoms with Gasteiger partial charge in [-0.25, -0.2) is 14.5 Å². The van der Waals surface area contributed by atoms with Gasteiger partial charge in [0, 0.05) is 12.1 Å². The molecule has 0 spiro atoms. The number of imide groups is 1. The lowest BCUT2D eigenvalue weighted by Gasteiger charge is -2.34. The minimum Gasteiger partial charge on any atom is -0.443 e. The van der Waals surface area contributed by atoms with Crippen molar-refractivity contribution in [2.45, 2.75) is 98.0 Å². The minimum atomic E-state index is -0.752. The molecule has 7 nitrogen and oxygen atoms in total. The van der Waals surface area contributed by atoms with E-state index in [1.54, 1.807) is 41.5 Å². The summed E-state index contributed by atoms with van der Waals surface area (Å²) in [4.78, 5) is 26.1. The van der Waals surface area contributed by atoms with E-state index in [2.05, 4.69) is 19.2 Å². The van der Waals surface area contributed by atoms with Gasteiger partial charge in [0.25, 0.3) is 0 Å². The highest BCUT2D eigenvalue weighted by Crippen LogP contribution is 2.20. The molecule has 0 aliphatic rings. The summed E-state index contributed by atoms with van der Waals surface area (Å²) in [6.45, 7) is 18.8. The molecule has 160 valence electrons. The molecule has 0 saturated heterocycles. The fourth-order valence-electron chi connectivity index (χ4n) is 1.97. The molecule has 0 aromatic heterocycles.